The fourth-order valence-corrected chi connectivity index (χ4v) is 1.26. The number of ether oxygens (including phenoxy) is 3. The molecule has 0 fully saturated rings. The first-order valence-electron chi connectivity index (χ1n) is 4.91. The minimum Gasteiger partial charge on any atom is -0.488 e. The van der Waals surface area contributed by atoms with Gasteiger partial charge >= 0.3 is 0 Å². The molecule has 0 aromatic heterocycles. The standard InChI is InChI=1S/C11H14O4/c1-7(12)8(2)15-9-3-4-10-11(5-9)14-6-13-10/h3-5,7-8,12H,6H2,1-2H3/t7-,8?/m0/s1. The Bertz CT molecular complexity index is 348. The first-order chi connectivity index (χ1) is 7.16. The van der Waals surface area contributed by atoms with Crippen LogP contribution in [0.2, 0.25) is 0 Å². The van der Waals surface area contributed by atoms with Gasteiger partial charge in [-0.2, -0.15) is 0 Å². The number of rotatable bonds is 3. The van der Waals surface area contributed by atoms with Crippen molar-refractivity contribution in [3.05, 3.63) is 18.2 Å². The minimum atomic E-state index is -0.504. The van der Waals surface area contributed by atoms with Crippen LogP contribution < -0.4 is 14.2 Å². The van der Waals surface area contributed by atoms with Crippen LogP contribution in [0.15, 0.2) is 18.2 Å². The average Bonchev–Trinajstić information content (AvgIpc) is 2.64. The van der Waals surface area contributed by atoms with Crippen molar-refractivity contribution in [2.24, 2.45) is 0 Å². The highest BCUT2D eigenvalue weighted by Crippen LogP contribution is 2.35. The van der Waals surface area contributed by atoms with Gasteiger partial charge in [0.2, 0.25) is 6.79 Å². The van der Waals surface area contributed by atoms with Crippen molar-refractivity contribution in [2.75, 3.05) is 6.79 Å². The molecule has 1 unspecified atom stereocenters. The molecule has 0 spiro atoms. The number of benzene rings is 1. The fourth-order valence-electron chi connectivity index (χ4n) is 1.26. The summed E-state index contributed by atoms with van der Waals surface area (Å²) in [5.41, 5.74) is 0. The van der Waals surface area contributed by atoms with Crippen molar-refractivity contribution in [3.8, 4) is 17.2 Å². The Kier molecular flexibility index (Phi) is 2.68. The Morgan fingerprint density at radius 3 is 2.73 bits per heavy atom. The van der Waals surface area contributed by atoms with Crippen molar-refractivity contribution >= 4 is 0 Å². The highest BCUT2D eigenvalue weighted by Gasteiger charge is 2.16. The van der Waals surface area contributed by atoms with Crippen LogP contribution in [0.3, 0.4) is 0 Å². The quantitative estimate of drug-likeness (QED) is 0.822. The zero-order valence-corrected chi connectivity index (χ0v) is 8.77. The van der Waals surface area contributed by atoms with Gasteiger partial charge in [0.05, 0.1) is 6.10 Å². The molecule has 2 atom stereocenters. The van der Waals surface area contributed by atoms with Crippen LogP contribution in [0, 0.1) is 0 Å². The lowest BCUT2D eigenvalue weighted by molar-refractivity contribution is 0.0603. The molecule has 0 aliphatic carbocycles. The molecule has 1 heterocycles. The first-order valence-corrected chi connectivity index (χ1v) is 4.91. The van der Waals surface area contributed by atoms with Crippen LogP contribution in [0.1, 0.15) is 13.8 Å². The van der Waals surface area contributed by atoms with Crippen LogP contribution in [-0.4, -0.2) is 24.1 Å². The third kappa shape index (κ3) is 2.15. The van der Waals surface area contributed by atoms with Gasteiger partial charge in [0.1, 0.15) is 11.9 Å². The molecule has 2 rings (SSSR count). The zero-order chi connectivity index (χ0) is 10.8. The third-order valence-electron chi connectivity index (χ3n) is 2.35. The van der Waals surface area contributed by atoms with Gasteiger partial charge in [-0.1, -0.05) is 0 Å². The Morgan fingerprint density at radius 1 is 1.27 bits per heavy atom. The average molecular weight is 210 g/mol. The lowest BCUT2D eigenvalue weighted by atomic mass is 10.2. The summed E-state index contributed by atoms with van der Waals surface area (Å²) < 4.78 is 15.9. The maximum atomic E-state index is 9.29. The largest absolute Gasteiger partial charge is 0.488 e. The van der Waals surface area contributed by atoms with Gasteiger partial charge in [0.15, 0.2) is 11.5 Å². The number of hydrogen-bond donors (Lipinski definition) is 1. The Balaban J connectivity index is 2.10. The van der Waals surface area contributed by atoms with E-state index in [1.807, 2.05) is 6.92 Å². The van der Waals surface area contributed by atoms with Crippen LogP contribution in [0.25, 0.3) is 0 Å². The molecule has 15 heavy (non-hydrogen) atoms. The highest BCUT2D eigenvalue weighted by molar-refractivity contribution is 5.46. The summed E-state index contributed by atoms with van der Waals surface area (Å²) >= 11 is 0. The van der Waals surface area contributed by atoms with Crippen molar-refractivity contribution in [2.45, 2.75) is 26.1 Å². The van der Waals surface area contributed by atoms with Gasteiger partial charge < -0.3 is 19.3 Å². The minimum absolute atomic E-state index is 0.245. The van der Waals surface area contributed by atoms with Gasteiger partial charge in [-0.05, 0) is 26.0 Å². The molecule has 0 amide bonds. The molecule has 1 aromatic rings. The molecule has 1 N–H and O–H groups in total. The smallest absolute Gasteiger partial charge is 0.231 e. The molecular weight excluding hydrogens is 196 g/mol. The van der Waals surface area contributed by atoms with Crippen molar-refractivity contribution in [1.82, 2.24) is 0 Å². The van der Waals surface area contributed by atoms with Gasteiger partial charge in [-0.15, -0.1) is 0 Å². The van der Waals surface area contributed by atoms with E-state index in [0.717, 1.165) is 5.75 Å². The summed E-state index contributed by atoms with van der Waals surface area (Å²) in [4.78, 5) is 0. The van der Waals surface area contributed by atoms with Crippen molar-refractivity contribution in [1.29, 1.82) is 0 Å². The molecule has 1 aliphatic rings. The van der Waals surface area contributed by atoms with E-state index in [-0.39, 0.29) is 12.9 Å². The number of fused-ring (bicyclic) bond motifs is 1. The topological polar surface area (TPSA) is 47.9 Å². The number of aliphatic hydroxyl groups is 1. The predicted octanol–water partition coefficient (Wildman–Crippen LogP) is 1.56. The van der Waals surface area contributed by atoms with Gasteiger partial charge in [-0.25, -0.2) is 0 Å². The Hall–Kier alpha value is -1.42. The van der Waals surface area contributed by atoms with Crippen LogP contribution in [0.4, 0.5) is 0 Å². The Morgan fingerprint density at radius 2 is 2.00 bits per heavy atom. The van der Waals surface area contributed by atoms with E-state index >= 15 is 0 Å². The molecule has 1 aromatic carbocycles. The summed E-state index contributed by atoms with van der Waals surface area (Å²) in [7, 11) is 0. The highest BCUT2D eigenvalue weighted by atomic mass is 16.7. The van der Waals surface area contributed by atoms with E-state index < -0.39 is 6.10 Å². The van der Waals surface area contributed by atoms with Crippen LogP contribution in [0.5, 0.6) is 17.2 Å². The molecular formula is C11H14O4. The van der Waals surface area contributed by atoms with E-state index in [2.05, 4.69) is 0 Å². The summed E-state index contributed by atoms with van der Waals surface area (Å²) in [5, 5.41) is 9.29. The van der Waals surface area contributed by atoms with Gasteiger partial charge in [0, 0.05) is 6.07 Å². The summed E-state index contributed by atoms with van der Waals surface area (Å²) in [5.74, 6) is 2.09. The monoisotopic (exact) mass is 210 g/mol. The predicted molar refractivity (Wildman–Crippen MR) is 54.3 cm³/mol. The van der Waals surface area contributed by atoms with E-state index in [9.17, 15) is 5.11 Å². The molecule has 0 bridgehead atoms. The van der Waals surface area contributed by atoms with E-state index in [0.29, 0.717) is 11.5 Å². The second-order valence-corrected chi connectivity index (χ2v) is 3.58. The van der Waals surface area contributed by atoms with Crippen LogP contribution >= 0.6 is 0 Å². The maximum Gasteiger partial charge on any atom is 0.231 e. The summed E-state index contributed by atoms with van der Waals surface area (Å²) in [6, 6.07) is 5.36. The van der Waals surface area contributed by atoms with E-state index in [4.69, 9.17) is 14.2 Å². The second kappa shape index (κ2) is 3.98. The molecule has 0 radical (unpaired) electrons. The number of hydrogen-bond acceptors (Lipinski definition) is 4. The maximum absolute atomic E-state index is 9.29. The first kappa shape index (κ1) is 10.1. The summed E-state index contributed by atoms with van der Waals surface area (Å²) in [6.45, 7) is 3.76. The molecule has 4 nitrogen and oxygen atoms in total. The van der Waals surface area contributed by atoms with E-state index in [1.54, 1.807) is 25.1 Å². The molecule has 0 saturated carbocycles. The Labute approximate surface area is 88.4 Å². The SMILES string of the molecule is CC(Oc1ccc2c(c1)OCO2)[C@H](C)O. The van der Waals surface area contributed by atoms with E-state index in [1.165, 1.54) is 0 Å². The lowest BCUT2D eigenvalue weighted by Crippen LogP contribution is -2.25. The van der Waals surface area contributed by atoms with Gasteiger partial charge in [0.25, 0.3) is 0 Å². The van der Waals surface area contributed by atoms with Gasteiger partial charge in [-0.3, -0.25) is 0 Å². The second-order valence-electron chi connectivity index (χ2n) is 3.58. The van der Waals surface area contributed by atoms with Crippen LogP contribution in [-0.2, 0) is 0 Å². The lowest BCUT2D eigenvalue weighted by Gasteiger charge is -2.17. The molecule has 0 saturated heterocycles. The van der Waals surface area contributed by atoms with Crippen molar-refractivity contribution < 1.29 is 19.3 Å². The fraction of sp³-hybridized carbons (Fsp3) is 0.455. The third-order valence-corrected chi connectivity index (χ3v) is 2.35. The zero-order valence-electron chi connectivity index (χ0n) is 8.77. The molecule has 82 valence electrons. The number of aliphatic hydroxyl groups excluding tert-OH is 1. The molecule has 1 aliphatic heterocycles. The van der Waals surface area contributed by atoms with Crippen molar-refractivity contribution in [3.63, 3.8) is 0 Å². The normalized spacial score (nSPS) is 17.3. The summed E-state index contributed by atoms with van der Waals surface area (Å²) in [6.07, 6.45) is -0.749. The molecule has 4 heteroatoms.